The van der Waals surface area contributed by atoms with Gasteiger partial charge in [-0.1, -0.05) is 27.2 Å². The van der Waals surface area contributed by atoms with Crippen LogP contribution < -0.4 is 5.73 Å². The highest BCUT2D eigenvalue weighted by atomic mass is 16.2. The third-order valence-corrected chi connectivity index (χ3v) is 4.19. The Morgan fingerprint density at radius 3 is 2.39 bits per heavy atom. The maximum absolute atomic E-state index is 12.4. The van der Waals surface area contributed by atoms with E-state index in [0.717, 1.165) is 45.1 Å². The molecule has 0 aromatic heterocycles. The van der Waals surface area contributed by atoms with Crippen LogP contribution in [0.25, 0.3) is 0 Å². The molecule has 3 nitrogen and oxygen atoms in total. The van der Waals surface area contributed by atoms with Gasteiger partial charge in [0.1, 0.15) is 0 Å². The molecule has 2 N–H and O–H groups in total. The van der Waals surface area contributed by atoms with Gasteiger partial charge >= 0.3 is 0 Å². The lowest BCUT2D eigenvalue weighted by atomic mass is 9.90. The fraction of sp³-hybridized carbons (Fsp3) is 0.933. The monoisotopic (exact) mass is 254 g/mol. The van der Waals surface area contributed by atoms with Crippen molar-refractivity contribution in [3.63, 3.8) is 0 Å². The number of hydrogen-bond donors (Lipinski definition) is 1. The molecule has 1 fully saturated rings. The van der Waals surface area contributed by atoms with Gasteiger partial charge in [0.2, 0.25) is 5.91 Å². The Bertz CT molecular complexity index is 247. The van der Waals surface area contributed by atoms with Crippen molar-refractivity contribution in [3.8, 4) is 0 Å². The Morgan fingerprint density at radius 1 is 1.28 bits per heavy atom. The molecule has 0 spiro atoms. The summed E-state index contributed by atoms with van der Waals surface area (Å²) in [5, 5.41) is 0. The van der Waals surface area contributed by atoms with Gasteiger partial charge in [-0.3, -0.25) is 4.79 Å². The van der Waals surface area contributed by atoms with Crippen LogP contribution in [0.3, 0.4) is 0 Å². The summed E-state index contributed by atoms with van der Waals surface area (Å²) >= 11 is 0. The maximum atomic E-state index is 12.4. The van der Waals surface area contributed by atoms with Crippen LogP contribution in [0.5, 0.6) is 0 Å². The zero-order valence-corrected chi connectivity index (χ0v) is 12.3. The standard InChI is InChI=1S/C15H30N2O/c1-4-10-17(15(18)11-12(3)5-2)14-8-6-13(16)7-9-14/h12-14H,4-11,16H2,1-3H3. The molecule has 106 valence electrons. The molecule has 1 rings (SSSR count). The average molecular weight is 254 g/mol. The Morgan fingerprint density at radius 2 is 1.89 bits per heavy atom. The molecule has 1 amide bonds. The number of rotatable bonds is 6. The van der Waals surface area contributed by atoms with Crippen LogP contribution >= 0.6 is 0 Å². The number of nitrogens with zero attached hydrogens (tertiary/aromatic N) is 1. The Balaban J connectivity index is 2.55. The minimum atomic E-state index is 0.353. The summed E-state index contributed by atoms with van der Waals surface area (Å²) in [7, 11) is 0. The van der Waals surface area contributed by atoms with E-state index in [-0.39, 0.29) is 0 Å². The van der Waals surface area contributed by atoms with Gasteiger partial charge in [-0.05, 0) is 38.0 Å². The summed E-state index contributed by atoms with van der Waals surface area (Å²) in [5.74, 6) is 0.856. The SMILES string of the molecule is CCCN(C(=O)CC(C)CC)C1CCC(N)CC1. The van der Waals surface area contributed by atoms with E-state index in [9.17, 15) is 4.79 Å². The molecule has 1 atom stereocenters. The van der Waals surface area contributed by atoms with Crippen molar-refractivity contribution < 1.29 is 4.79 Å². The Hall–Kier alpha value is -0.570. The lowest BCUT2D eigenvalue weighted by molar-refractivity contribution is -0.135. The summed E-state index contributed by atoms with van der Waals surface area (Å²) in [5.41, 5.74) is 5.95. The van der Waals surface area contributed by atoms with E-state index in [2.05, 4.69) is 25.7 Å². The molecule has 0 saturated heterocycles. The maximum Gasteiger partial charge on any atom is 0.223 e. The summed E-state index contributed by atoms with van der Waals surface area (Å²) in [6, 6.07) is 0.802. The number of nitrogens with two attached hydrogens (primary N) is 1. The minimum Gasteiger partial charge on any atom is -0.340 e. The van der Waals surface area contributed by atoms with Crippen LogP contribution in [0, 0.1) is 5.92 Å². The fourth-order valence-corrected chi connectivity index (χ4v) is 2.72. The average Bonchev–Trinajstić information content (AvgIpc) is 2.37. The van der Waals surface area contributed by atoms with Gasteiger partial charge in [-0.15, -0.1) is 0 Å². The van der Waals surface area contributed by atoms with Crippen molar-refractivity contribution in [2.24, 2.45) is 11.7 Å². The van der Waals surface area contributed by atoms with Gasteiger partial charge < -0.3 is 10.6 Å². The molecule has 0 aromatic rings. The smallest absolute Gasteiger partial charge is 0.223 e. The van der Waals surface area contributed by atoms with E-state index in [4.69, 9.17) is 5.73 Å². The molecule has 0 bridgehead atoms. The van der Waals surface area contributed by atoms with Gasteiger partial charge in [0.05, 0.1) is 0 Å². The number of carbonyl (C=O) groups is 1. The van der Waals surface area contributed by atoms with Crippen molar-refractivity contribution in [1.29, 1.82) is 0 Å². The van der Waals surface area contributed by atoms with Crippen LogP contribution in [-0.4, -0.2) is 29.4 Å². The third kappa shape index (κ3) is 4.60. The summed E-state index contributed by atoms with van der Waals surface area (Å²) in [6.07, 6.45) is 7.17. The van der Waals surface area contributed by atoms with E-state index >= 15 is 0 Å². The van der Waals surface area contributed by atoms with Gasteiger partial charge in [0, 0.05) is 25.0 Å². The largest absolute Gasteiger partial charge is 0.340 e. The van der Waals surface area contributed by atoms with E-state index in [0.29, 0.717) is 30.3 Å². The highest BCUT2D eigenvalue weighted by Crippen LogP contribution is 2.24. The zero-order valence-electron chi connectivity index (χ0n) is 12.3. The van der Waals surface area contributed by atoms with Crippen LogP contribution in [0.4, 0.5) is 0 Å². The normalized spacial score (nSPS) is 25.8. The van der Waals surface area contributed by atoms with Crippen LogP contribution in [0.2, 0.25) is 0 Å². The molecule has 1 aliphatic carbocycles. The van der Waals surface area contributed by atoms with Crippen LogP contribution in [0.15, 0.2) is 0 Å². The second-order valence-electron chi connectivity index (χ2n) is 5.87. The van der Waals surface area contributed by atoms with Gasteiger partial charge in [-0.25, -0.2) is 0 Å². The van der Waals surface area contributed by atoms with Crippen molar-refractivity contribution in [1.82, 2.24) is 4.90 Å². The fourth-order valence-electron chi connectivity index (χ4n) is 2.72. The number of amides is 1. The Kier molecular flexibility index (Phi) is 6.69. The summed E-state index contributed by atoms with van der Waals surface area (Å²) in [6.45, 7) is 7.38. The summed E-state index contributed by atoms with van der Waals surface area (Å²) < 4.78 is 0. The zero-order chi connectivity index (χ0) is 13.5. The van der Waals surface area contributed by atoms with Crippen molar-refractivity contribution >= 4 is 5.91 Å². The predicted octanol–water partition coefficient (Wildman–Crippen LogP) is 2.93. The molecular formula is C15H30N2O. The molecule has 3 heteroatoms. The van der Waals surface area contributed by atoms with Gasteiger partial charge in [0.15, 0.2) is 0 Å². The van der Waals surface area contributed by atoms with Gasteiger partial charge in [0.25, 0.3) is 0 Å². The topological polar surface area (TPSA) is 46.3 Å². The first-order chi connectivity index (χ1) is 8.58. The minimum absolute atomic E-state index is 0.353. The first kappa shape index (κ1) is 15.5. The quantitative estimate of drug-likeness (QED) is 0.792. The number of carbonyl (C=O) groups excluding carboxylic acids is 1. The molecule has 0 radical (unpaired) electrons. The highest BCUT2D eigenvalue weighted by molar-refractivity contribution is 5.76. The predicted molar refractivity (Wildman–Crippen MR) is 76.3 cm³/mol. The summed E-state index contributed by atoms with van der Waals surface area (Å²) in [4.78, 5) is 14.5. The number of hydrogen-bond acceptors (Lipinski definition) is 2. The molecule has 0 heterocycles. The molecule has 0 aromatic carbocycles. The van der Waals surface area contributed by atoms with Gasteiger partial charge in [-0.2, -0.15) is 0 Å². The Labute approximate surface area is 112 Å². The van der Waals surface area contributed by atoms with Crippen molar-refractivity contribution in [2.75, 3.05) is 6.54 Å². The van der Waals surface area contributed by atoms with E-state index in [1.807, 2.05) is 0 Å². The van der Waals surface area contributed by atoms with E-state index in [1.54, 1.807) is 0 Å². The molecule has 1 aliphatic rings. The second kappa shape index (κ2) is 7.78. The first-order valence-electron chi connectivity index (χ1n) is 7.63. The second-order valence-corrected chi connectivity index (χ2v) is 5.87. The van der Waals surface area contributed by atoms with E-state index < -0.39 is 0 Å². The molecule has 1 saturated carbocycles. The van der Waals surface area contributed by atoms with E-state index in [1.165, 1.54) is 0 Å². The van der Waals surface area contributed by atoms with Crippen LogP contribution in [0.1, 0.15) is 65.7 Å². The molecule has 18 heavy (non-hydrogen) atoms. The van der Waals surface area contributed by atoms with Crippen LogP contribution in [-0.2, 0) is 4.79 Å². The molecule has 1 unspecified atom stereocenters. The third-order valence-electron chi connectivity index (χ3n) is 4.19. The van der Waals surface area contributed by atoms with Crippen molar-refractivity contribution in [2.45, 2.75) is 77.8 Å². The first-order valence-corrected chi connectivity index (χ1v) is 7.63. The molecular weight excluding hydrogens is 224 g/mol. The molecule has 0 aliphatic heterocycles. The van der Waals surface area contributed by atoms with Crippen molar-refractivity contribution in [3.05, 3.63) is 0 Å². The lowest BCUT2D eigenvalue weighted by Crippen LogP contribution is -2.45. The lowest BCUT2D eigenvalue weighted by Gasteiger charge is -2.36. The highest BCUT2D eigenvalue weighted by Gasteiger charge is 2.27.